The van der Waals surface area contributed by atoms with Crippen LogP contribution >= 0.6 is 25.8 Å². The van der Waals surface area contributed by atoms with Gasteiger partial charge in [0.05, 0.1) is 39.5 Å². The molecule has 6 amide bonds. The van der Waals surface area contributed by atoms with Gasteiger partial charge in [0.15, 0.2) is 0 Å². The number of aliphatic carboxylic acids is 1. The number of carboxylic acid groups (broad SMARTS) is 1. The minimum atomic E-state index is -1.78. The Kier molecular flexibility index (Phi) is 24.4. The number of carboxylic acids is 1. The number of halogens is 1. The van der Waals surface area contributed by atoms with Crippen LogP contribution in [0, 0.1) is 0 Å². The Morgan fingerprint density at radius 2 is 0.927 bits per heavy atom. The average Bonchev–Trinajstić information content (AvgIpc) is 3.50. The van der Waals surface area contributed by atoms with E-state index in [1.54, 1.807) is 69.4 Å². The molecule has 3 fully saturated rings. The Labute approximate surface area is 492 Å². The number of amides is 6. The van der Waals surface area contributed by atoms with E-state index >= 15 is 0 Å². The van der Waals surface area contributed by atoms with Crippen LogP contribution < -0.4 is 33.0 Å². The maximum Gasteiger partial charge on any atom is 0.329 e. The molecular formula is C59H79BrN9O11PSn. The third kappa shape index (κ3) is 15.0. The second-order valence-corrected chi connectivity index (χ2v) is 35.9. The van der Waals surface area contributed by atoms with Crippen LogP contribution in [0.3, 0.4) is 0 Å². The van der Waals surface area contributed by atoms with Gasteiger partial charge in [-0.1, -0.05) is 36.4 Å². The minimum Gasteiger partial charge on any atom is -0.481 e. The van der Waals surface area contributed by atoms with Crippen LogP contribution in [0.2, 0.25) is 17.7 Å². The number of imidazole rings is 3. The number of carbonyl (C=O) groups is 7. The summed E-state index contributed by atoms with van der Waals surface area (Å²) in [7, 11) is 4.90. The summed E-state index contributed by atoms with van der Waals surface area (Å²) in [4.78, 5) is 119. The predicted molar refractivity (Wildman–Crippen MR) is 330 cm³/mol. The molecule has 0 aliphatic carbocycles. The van der Waals surface area contributed by atoms with Gasteiger partial charge in [0.1, 0.15) is 18.1 Å². The molecule has 4 atom stereocenters. The molecule has 9 rings (SSSR count). The second kappa shape index (κ2) is 30.2. The Morgan fingerprint density at radius 3 is 1.28 bits per heavy atom. The van der Waals surface area contributed by atoms with E-state index in [1.807, 2.05) is 30.3 Å². The number of benzene rings is 3. The van der Waals surface area contributed by atoms with Crippen LogP contribution in [0.15, 0.2) is 98.8 Å². The summed E-state index contributed by atoms with van der Waals surface area (Å²) < 4.78 is 15.8. The van der Waals surface area contributed by atoms with Gasteiger partial charge in [-0.2, -0.15) is 9.90 Å². The normalized spacial score (nSPS) is 17.1. The largest absolute Gasteiger partial charge is 0.481 e. The smallest absolute Gasteiger partial charge is 0.329 e. The third-order valence-corrected chi connectivity index (χ3v) is 31.5. The zero-order chi connectivity index (χ0) is 59.3. The first-order valence-corrected chi connectivity index (χ1v) is 36.7. The topological polar surface area (TPSA) is 257 Å². The van der Waals surface area contributed by atoms with Crippen molar-refractivity contribution in [2.24, 2.45) is 21.1 Å². The van der Waals surface area contributed by atoms with Crippen LogP contribution in [0.4, 0.5) is 0 Å². The zero-order valence-electron chi connectivity index (χ0n) is 48.0. The summed E-state index contributed by atoms with van der Waals surface area (Å²) in [6.45, 7) is 14.8. The van der Waals surface area contributed by atoms with Crippen molar-refractivity contribution in [1.82, 2.24) is 43.4 Å². The van der Waals surface area contributed by atoms with Crippen LogP contribution in [0.25, 0.3) is 33.1 Å². The summed E-state index contributed by atoms with van der Waals surface area (Å²) in [5.74, 6) is -3.29. The first-order valence-electron chi connectivity index (χ1n) is 27.9. The van der Waals surface area contributed by atoms with Gasteiger partial charge in [-0.05, 0) is 77.0 Å². The SMILES string of the molecule is C=CCc1cccc2c1n(C)c(=O)n2C1CCC(=O)NC1=O.C=C[CH2][Sn]([CH2]CCC)([CH2]CCC)[CH2]CCC.Cn1c(=O)n(C2CCC(=O)NC2=O)c2cccc(Br)c21.Cn1c(=O)n(C2CCC(=O)NC2=O)c2cccc(CC(=O)O)c21.P. The molecule has 3 aliphatic rings. The van der Waals surface area contributed by atoms with Gasteiger partial charge in [-0.15, -0.1) is 6.58 Å². The molecule has 6 heterocycles. The Morgan fingerprint density at radius 1 is 0.573 bits per heavy atom. The molecule has 442 valence electrons. The number of hydrogen-bond acceptors (Lipinski definition) is 10. The molecule has 3 aliphatic heterocycles. The standard InChI is InChI=1S/C16H17N3O3.C15H15N3O5.C13H12BrN3O3.3C4H9.C3H5.H3P.Sn/c1-3-5-10-6-4-7-11-14(10)18(2)16(22)19(11)12-8-9-13(20)17-15(12)21;1-17-13-8(7-12(20)21)3-2-4-9(13)18(15(17)23)10-5-6-11(19)16-14(10)22;1-16-11-7(14)3-2-4-8(11)17(13(16)20)9-5-6-10(18)15-12(9)19;3*1-3-4-2;1-3-2;;/h3-4,6-7,12H,1,5,8-9H2,2H3,(H,17,20,21);2-4,10H,5-7H2,1H3,(H,20,21)(H,16,19,22);2-4,9H,5-6H2,1H3,(H,15,18,19);3*1,3-4H2,2H3;3H,1-2H2;1H3;. The fraction of sp³-hybridized carbons (Fsp3) is 0.458. The molecule has 0 bridgehead atoms. The number of allylic oxidation sites excluding steroid dienone is 2. The number of carbonyl (C=O) groups excluding carboxylic acids is 6. The van der Waals surface area contributed by atoms with Gasteiger partial charge in [-0.25, -0.2) is 14.4 Å². The Balaban J connectivity index is 0.000000202. The number of piperidine rings is 3. The van der Waals surface area contributed by atoms with Crippen molar-refractivity contribution in [3.8, 4) is 0 Å². The second-order valence-electron chi connectivity index (χ2n) is 21.1. The molecule has 0 radical (unpaired) electrons. The summed E-state index contributed by atoms with van der Waals surface area (Å²) in [6.07, 6.45) is 14.6. The molecule has 0 saturated carbocycles. The number of nitrogens with one attached hydrogen (secondary N) is 3. The van der Waals surface area contributed by atoms with Gasteiger partial charge in [-0.3, -0.25) is 76.9 Å². The average molecular weight is 1320 g/mol. The fourth-order valence-electron chi connectivity index (χ4n) is 11.4. The van der Waals surface area contributed by atoms with Crippen LogP contribution in [0.5, 0.6) is 0 Å². The molecule has 82 heavy (non-hydrogen) atoms. The van der Waals surface area contributed by atoms with E-state index in [0.29, 0.717) is 46.9 Å². The zero-order valence-corrected chi connectivity index (χ0v) is 53.9. The quantitative estimate of drug-likeness (QED) is 0.0276. The van der Waals surface area contributed by atoms with E-state index < -0.39 is 65.9 Å². The minimum absolute atomic E-state index is 0. The molecule has 3 saturated heterocycles. The maximum atomic E-state index is 12.6. The van der Waals surface area contributed by atoms with E-state index in [9.17, 15) is 47.9 Å². The summed E-state index contributed by atoms with van der Waals surface area (Å²) in [5, 5.41) is 15.8. The molecule has 20 nitrogen and oxygen atoms in total. The number of aromatic nitrogens is 6. The molecule has 3 aromatic carbocycles. The van der Waals surface area contributed by atoms with Gasteiger partial charge >= 0.3 is 131 Å². The number of unbranched alkanes of at least 4 members (excludes halogenated alkanes) is 3. The van der Waals surface area contributed by atoms with E-state index in [0.717, 1.165) is 21.1 Å². The first kappa shape index (κ1) is 66.4. The van der Waals surface area contributed by atoms with Crippen molar-refractivity contribution in [2.45, 2.75) is 147 Å². The predicted octanol–water partition coefficient (Wildman–Crippen LogP) is 8.15. The molecular weight excluding hydrogens is 1240 g/mol. The summed E-state index contributed by atoms with van der Waals surface area (Å²) in [5.41, 5.74) is 4.48. The number of nitrogens with zero attached hydrogens (tertiary/aromatic N) is 6. The summed E-state index contributed by atoms with van der Waals surface area (Å²) in [6, 6.07) is 14.0. The van der Waals surface area contributed by atoms with Crippen LogP contribution in [-0.4, -0.2) is 92.3 Å². The van der Waals surface area contributed by atoms with Gasteiger partial charge < -0.3 is 5.11 Å². The molecule has 4 unspecified atom stereocenters. The van der Waals surface area contributed by atoms with Crippen molar-refractivity contribution in [3.05, 3.63) is 127 Å². The van der Waals surface area contributed by atoms with E-state index in [4.69, 9.17) is 5.11 Å². The third-order valence-electron chi connectivity index (χ3n) is 15.5. The van der Waals surface area contributed by atoms with Crippen LogP contribution in [-0.2, 0) is 67.5 Å². The Hall–Kier alpha value is -6.45. The molecule has 23 heteroatoms. The number of para-hydroxylation sites is 3. The van der Waals surface area contributed by atoms with Gasteiger partial charge in [0, 0.05) is 44.9 Å². The van der Waals surface area contributed by atoms with Crippen molar-refractivity contribution >= 4 is 119 Å². The van der Waals surface area contributed by atoms with Crippen LogP contribution in [0.1, 0.15) is 127 Å². The molecule has 0 spiro atoms. The molecule has 4 N–H and O–H groups in total. The summed E-state index contributed by atoms with van der Waals surface area (Å²) >= 11 is 1.64. The van der Waals surface area contributed by atoms with E-state index in [1.165, 1.54) is 65.8 Å². The van der Waals surface area contributed by atoms with Crippen molar-refractivity contribution in [1.29, 1.82) is 0 Å². The number of hydrogen-bond donors (Lipinski definition) is 4. The maximum absolute atomic E-state index is 12.6. The monoisotopic (exact) mass is 1320 g/mol. The van der Waals surface area contributed by atoms with Crippen molar-refractivity contribution in [3.63, 3.8) is 0 Å². The van der Waals surface area contributed by atoms with Crippen molar-refractivity contribution < 1.29 is 38.7 Å². The van der Waals surface area contributed by atoms with E-state index in [-0.39, 0.29) is 71.1 Å². The molecule has 3 aromatic heterocycles. The Bertz CT molecular complexity index is 3550. The van der Waals surface area contributed by atoms with Gasteiger partial charge in [0.2, 0.25) is 35.4 Å². The molecule has 6 aromatic rings. The van der Waals surface area contributed by atoms with Gasteiger partial charge in [0.25, 0.3) is 0 Å². The number of imide groups is 3. The number of aryl methyl sites for hydroxylation is 3. The van der Waals surface area contributed by atoms with Crippen molar-refractivity contribution in [2.75, 3.05) is 0 Å². The fourth-order valence-corrected chi connectivity index (χ4v) is 27.1. The van der Waals surface area contributed by atoms with E-state index in [2.05, 4.69) is 71.9 Å². The number of fused-ring (bicyclic) bond motifs is 3. The first-order chi connectivity index (χ1) is 38.7. The number of rotatable bonds is 18.